The average Bonchev–Trinajstić information content (AvgIpc) is 3.36. The number of carbonyl (C=O) groups excluding carboxylic acids is 1. The lowest BCUT2D eigenvalue weighted by molar-refractivity contribution is 0.0651. The minimum atomic E-state index is -0.239. The molecule has 7 nitrogen and oxygen atoms in total. The Morgan fingerprint density at radius 3 is 2.36 bits per heavy atom. The minimum Gasteiger partial charge on any atom is -0.497 e. The first-order chi connectivity index (χ1) is 17.5. The molecule has 1 N–H and O–H groups in total. The van der Waals surface area contributed by atoms with Gasteiger partial charge in [-0.2, -0.15) is 5.10 Å². The van der Waals surface area contributed by atoms with Gasteiger partial charge in [-0.15, -0.1) is 0 Å². The molecule has 0 aliphatic carbocycles. The summed E-state index contributed by atoms with van der Waals surface area (Å²) in [5, 5.41) is 7.84. The number of benzene rings is 3. The standard InChI is InChI=1S/C29H31N3O4/c1-20(2)36-19-22-11-9-8-10-21(22)17-30-29(33)26-18-32(23-12-6-5-7-13-23)31-28(26)25-16-24(34-3)14-15-27(25)35-4/h5-16,18,20H,17,19H2,1-4H3,(H,30,33). The largest absolute Gasteiger partial charge is 0.497 e. The molecule has 0 bridgehead atoms. The van der Waals surface area contributed by atoms with Crippen molar-refractivity contribution in [1.29, 1.82) is 0 Å². The summed E-state index contributed by atoms with van der Waals surface area (Å²) in [5.41, 5.74) is 4.49. The van der Waals surface area contributed by atoms with E-state index in [9.17, 15) is 4.79 Å². The number of rotatable bonds is 10. The molecule has 0 fully saturated rings. The fourth-order valence-corrected chi connectivity index (χ4v) is 3.85. The quantitative estimate of drug-likeness (QED) is 0.325. The number of para-hydroxylation sites is 1. The molecule has 1 amide bonds. The number of nitrogens with one attached hydrogen (secondary N) is 1. The zero-order chi connectivity index (χ0) is 25.5. The Kier molecular flexibility index (Phi) is 8.02. The van der Waals surface area contributed by atoms with Gasteiger partial charge in [-0.3, -0.25) is 4.79 Å². The Labute approximate surface area is 211 Å². The van der Waals surface area contributed by atoms with Crippen LogP contribution in [-0.2, 0) is 17.9 Å². The van der Waals surface area contributed by atoms with Crippen LogP contribution in [0.1, 0.15) is 35.3 Å². The van der Waals surface area contributed by atoms with Gasteiger partial charge in [-0.05, 0) is 55.3 Å². The fraction of sp³-hybridized carbons (Fsp3) is 0.241. The van der Waals surface area contributed by atoms with Crippen LogP contribution in [-0.4, -0.2) is 36.0 Å². The molecule has 0 spiro atoms. The van der Waals surface area contributed by atoms with Crippen LogP contribution < -0.4 is 14.8 Å². The van der Waals surface area contributed by atoms with Gasteiger partial charge in [-0.25, -0.2) is 4.68 Å². The molecule has 0 aliphatic rings. The predicted molar refractivity (Wildman–Crippen MR) is 140 cm³/mol. The molecule has 4 rings (SSSR count). The smallest absolute Gasteiger partial charge is 0.255 e. The van der Waals surface area contributed by atoms with Crippen molar-refractivity contribution in [3.8, 4) is 28.4 Å². The first-order valence-corrected chi connectivity index (χ1v) is 11.8. The van der Waals surface area contributed by atoms with Crippen LogP contribution in [0.3, 0.4) is 0 Å². The summed E-state index contributed by atoms with van der Waals surface area (Å²) in [6, 6.07) is 23.1. The molecule has 0 radical (unpaired) electrons. The molecule has 1 aromatic heterocycles. The number of hydrogen-bond acceptors (Lipinski definition) is 5. The number of methoxy groups -OCH3 is 2. The van der Waals surface area contributed by atoms with Crippen molar-refractivity contribution in [3.63, 3.8) is 0 Å². The summed E-state index contributed by atoms with van der Waals surface area (Å²) in [6.45, 7) is 4.86. The van der Waals surface area contributed by atoms with E-state index in [-0.39, 0.29) is 12.0 Å². The molecule has 3 aromatic carbocycles. The Morgan fingerprint density at radius 2 is 1.67 bits per heavy atom. The molecule has 186 valence electrons. The molecule has 0 saturated carbocycles. The highest BCUT2D eigenvalue weighted by Gasteiger charge is 2.22. The monoisotopic (exact) mass is 485 g/mol. The second kappa shape index (κ2) is 11.6. The van der Waals surface area contributed by atoms with E-state index in [2.05, 4.69) is 5.32 Å². The normalized spacial score (nSPS) is 10.9. The molecule has 36 heavy (non-hydrogen) atoms. The lowest BCUT2D eigenvalue weighted by Gasteiger charge is -2.13. The highest BCUT2D eigenvalue weighted by Crippen LogP contribution is 2.35. The van der Waals surface area contributed by atoms with Gasteiger partial charge in [0.1, 0.15) is 17.2 Å². The molecule has 7 heteroatoms. The highest BCUT2D eigenvalue weighted by atomic mass is 16.5. The maximum atomic E-state index is 13.5. The number of aromatic nitrogens is 2. The third kappa shape index (κ3) is 5.75. The van der Waals surface area contributed by atoms with E-state index >= 15 is 0 Å². The Balaban J connectivity index is 1.69. The average molecular weight is 486 g/mol. The first kappa shape index (κ1) is 25.0. The summed E-state index contributed by atoms with van der Waals surface area (Å²) in [6.07, 6.45) is 1.86. The van der Waals surface area contributed by atoms with Gasteiger partial charge in [0.05, 0.1) is 38.2 Å². The molecule has 0 unspecified atom stereocenters. The molecule has 4 aromatic rings. The van der Waals surface area contributed by atoms with E-state index in [1.165, 1.54) is 0 Å². The van der Waals surface area contributed by atoms with Crippen molar-refractivity contribution >= 4 is 5.91 Å². The van der Waals surface area contributed by atoms with Gasteiger partial charge in [-0.1, -0.05) is 42.5 Å². The van der Waals surface area contributed by atoms with E-state index in [1.54, 1.807) is 25.1 Å². The minimum absolute atomic E-state index is 0.122. The van der Waals surface area contributed by atoms with Crippen LogP contribution in [0, 0.1) is 0 Å². The zero-order valence-corrected chi connectivity index (χ0v) is 21.0. The van der Waals surface area contributed by atoms with Gasteiger partial charge in [0, 0.05) is 18.3 Å². The SMILES string of the molecule is COc1ccc(OC)c(-c2nn(-c3ccccc3)cc2C(=O)NCc2ccccc2COC(C)C)c1. The maximum Gasteiger partial charge on any atom is 0.255 e. The van der Waals surface area contributed by atoms with Crippen molar-refractivity contribution in [2.75, 3.05) is 14.2 Å². The van der Waals surface area contributed by atoms with Crippen molar-refractivity contribution in [1.82, 2.24) is 15.1 Å². The number of carbonyl (C=O) groups is 1. The summed E-state index contributed by atoms with van der Waals surface area (Å²) in [7, 11) is 3.19. The van der Waals surface area contributed by atoms with Crippen molar-refractivity contribution in [2.45, 2.75) is 33.1 Å². The van der Waals surface area contributed by atoms with Gasteiger partial charge in [0.15, 0.2) is 0 Å². The Hall–Kier alpha value is -4.10. The number of ether oxygens (including phenoxy) is 3. The lowest BCUT2D eigenvalue weighted by Crippen LogP contribution is -2.24. The molecular formula is C29H31N3O4. The van der Waals surface area contributed by atoms with Gasteiger partial charge >= 0.3 is 0 Å². The Bertz CT molecular complexity index is 1320. The summed E-state index contributed by atoms with van der Waals surface area (Å²) in [4.78, 5) is 13.5. The van der Waals surface area contributed by atoms with Gasteiger partial charge in [0.2, 0.25) is 0 Å². The fourth-order valence-electron chi connectivity index (χ4n) is 3.85. The van der Waals surface area contributed by atoms with Gasteiger partial charge < -0.3 is 19.5 Å². The van der Waals surface area contributed by atoms with Crippen LogP contribution in [0.4, 0.5) is 0 Å². The third-order valence-electron chi connectivity index (χ3n) is 5.77. The van der Waals surface area contributed by atoms with Crippen LogP contribution in [0.15, 0.2) is 79.0 Å². The zero-order valence-electron chi connectivity index (χ0n) is 21.0. The van der Waals surface area contributed by atoms with E-state index in [0.717, 1.165) is 16.8 Å². The molecule has 0 atom stereocenters. The molecule has 1 heterocycles. The van der Waals surface area contributed by atoms with Crippen LogP contribution in [0.5, 0.6) is 11.5 Å². The Morgan fingerprint density at radius 1 is 0.944 bits per heavy atom. The molecule has 0 saturated heterocycles. The first-order valence-electron chi connectivity index (χ1n) is 11.8. The number of hydrogen-bond donors (Lipinski definition) is 1. The summed E-state index contributed by atoms with van der Waals surface area (Å²) >= 11 is 0. The second-order valence-electron chi connectivity index (χ2n) is 8.55. The highest BCUT2D eigenvalue weighted by molar-refractivity contribution is 6.00. The van der Waals surface area contributed by atoms with Crippen LogP contribution in [0.2, 0.25) is 0 Å². The van der Waals surface area contributed by atoms with Crippen molar-refractivity contribution < 1.29 is 19.0 Å². The van der Waals surface area contributed by atoms with Crippen LogP contribution in [0.25, 0.3) is 16.9 Å². The maximum absolute atomic E-state index is 13.5. The number of amides is 1. The van der Waals surface area contributed by atoms with E-state index < -0.39 is 0 Å². The predicted octanol–water partition coefficient (Wildman–Crippen LogP) is 5.41. The van der Waals surface area contributed by atoms with E-state index in [4.69, 9.17) is 19.3 Å². The second-order valence-corrected chi connectivity index (χ2v) is 8.55. The van der Waals surface area contributed by atoms with Crippen LogP contribution >= 0.6 is 0 Å². The molecule has 0 aliphatic heterocycles. The lowest BCUT2D eigenvalue weighted by atomic mass is 10.1. The van der Waals surface area contributed by atoms with E-state index in [1.807, 2.05) is 86.6 Å². The number of nitrogens with zero attached hydrogens (tertiary/aromatic N) is 2. The molecular weight excluding hydrogens is 454 g/mol. The van der Waals surface area contributed by atoms with Crippen molar-refractivity contribution in [2.24, 2.45) is 0 Å². The third-order valence-corrected chi connectivity index (χ3v) is 5.77. The summed E-state index contributed by atoms with van der Waals surface area (Å²) in [5.74, 6) is 1.00. The summed E-state index contributed by atoms with van der Waals surface area (Å²) < 4.78 is 18.5. The van der Waals surface area contributed by atoms with E-state index in [0.29, 0.717) is 41.5 Å². The van der Waals surface area contributed by atoms with Crippen molar-refractivity contribution in [3.05, 3.63) is 95.7 Å². The van der Waals surface area contributed by atoms with Gasteiger partial charge in [0.25, 0.3) is 5.91 Å². The topological polar surface area (TPSA) is 74.6 Å².